The molecule has 0 aromatic heterocycles. The molecule has 0 radical (unpaired) electrons. The molecule has 1 aromatic carbocycles. The fourth-order valence-corrected chi connectivity index (χ4v) is 2.90. The molecule has 25 heavy (non-hydrogen) atoms. The second-order valence-electron chi connectivity index (χ2n) is 6.95. The molecule has 0 unspecified atom stereocenters. The van der Waals surface area contributed by atoms with Gasteiger partial charge in [-0.15, -0.1) is 0 Å². The molecule has 1 aliphatic carbocycles. The third kappa shape index (κ3) is 4.65. The fraction of sp³-hybridized carbons (Fsp3) is 0.579. The number of hydrogen-bond acceptors (Lipinski definition) is 4. The van der Waals surface area contributed by atoms with Gasteiger partial charge in [-0.05, 0) is 38.8 Å². The summed E-state index contributed by atoms with van der Waals surface area (Å²) in [5, 5.41) is 5.81. The minimum atomic E-state index is -1.18. The van der Waals surface area contributed by atoms with Crippen molar-refractivity contribution < 1.29 is 19.1 Å². The summed E-state index contributed by atoms with van der Waals surface area (Å²) in [5.74, 6) is 0.494. The number of carbonyl (C=O) groups is 2. The van der Waals surface area contributed by atoms with E-state index in [1.807, 2.05) is 0 Å². The summed E-state index contributed by atoms with van der Waals surface area (Å²) >= 11 is 0. The van der Waals surface area contributed by atoms with E-state index < -0.39 is 5.41 Å². The van der Waals surface area contributed by atoms with Gasteiger partial charge in [0.2, 0.25) is 11.8 Å². The Labute approximate surface area is 149 Å². The first kappa shape index (κ1) is 19.1. The molecule has 0 bridgehead atoms. The van der Waals surface area contributed by atoms with Crippen molar-refractivity contribution in [2.45, 2.75) is 52.0 Å². The standard InChI is InChI=1S/C19H28N2O4/c1-19(2,17(22)20-13-8-6-5-7-9-13)18(23)21-15-11-10-14(24-3)12-16(15)25-4/h10-13H,5-9H2,1-4H3,(H,20,22)(H,21,23). The molecule has 0 saturated heterocycles. The Morgan fingerprint density at radius 3 is 2.32 bits per heavy atom. The molecule has 2 N–H and O–H groups in total. The summed E-state index contributed by atoms with van der Waals surface area (Å²) in [6.07, 6.45) is 5.43. The van der Waals surface area contributed by atoms with E-state index in [-0.39, 0.29) is 17.9 Å². The van der Waals surface area contributed by atoms with Gasteiger partial charge < -0.3 is 20.1 Å². The molecular formula is C19H28N2O4. The van der Waals surface area contributed by atoms with E-state index in [0.29, 0.717) is 17.2 Å². The first-order chi connectivity index (χ1) is 11.9. The average molecular weight is 348 g/mol. The van der Waals surface area contributed by atoms with Crippen LogP contribution in [-0.4, -0.2) is 32.1 Å². The molecule has 1 aliphatic rings. The van der Waals surface area contributed by atoms with Gasteiger partial charge in [0.05, 0.1) is 19.9 Å². The van der Waals surface area contributed by atoms with Gasteiger partial charge >= 0.3 is 0 Å². The van der Waals surface area contributed by atoms with Crippen LogP contribution in [0.2, 0.25) is 0 Å². The highest BCUT2D eigenvalue weighted by Gasteiger charge is 2.37. The number of ether oxygens (including phenoxy) is 2. The molecular weight excluding hydrogens is 320 g/mol. The zero-order valence-electron chi connectivity index (χ0n) is 15.5. The van der Waals surface area contributed by atoms with Crippen molar-refractivity contribution in [1.29, 1.82) is 0 Å². The average Bonchev–Trinajstić information content (AvgIpc) is 2.62. The third-order valence-corrected chi connectivity index (χ3v) is 4.73. The van der Waals surface area contributed by atoms with Crippen molar-refractivity contribution in [1.82, 2.24) is 5.32 Å². The lowest BCUT2D eigenvalue weighted by molar-refractivity contribution is -0.139. The fourth-order valence-electron chi connectivity index (χ4n) is 2.90. The van der Waals surface area contributed by atoms with Crippen LogP contribution in [0.15, 0.2) is 18.2 Å². The maximum absolute atomic E-state index is 12.7. The van der Waals surface area contributed by atoms with E-state index in [1.54, 1.807) is 39.2 Å². The molecule has 2 amide bonds. The summed E-state index contributed by atoms with van der Waals surface area (Å²) < 4.78 is 10.4. The molecule has 1 aromatic rings. The number of anilines is 1. The van der Waals surface area contributed by atoms with Gasteiger partial charge in [0.25, 0.3) is 0 Å². The predicted molar refractivity (Wildman–Crippen MR) is 97.0 cm³/mol. The lowest BCUT2D eigenvalue weighted by atomic mass is 9.88. The molecule has 6 nitrogen and oxygen atoms in total. The van der Waals surface area contributed by atoms with Crippen LogP contribution in [0.5, 0.6) is 11.5 Å². The molecule has 1 saturated carbocycles. The number of amides is 2. The van der Waals surface area contributed by atoms with Crippen LogP contribution in [0.4, 0.5) is 5.69 Å². The quantitative estimate of drug-likeness (QED) is 0.775. The number of carbonyl (C=O) groups excluding carboxylic acids is 2. The number of nitrogens with one attached hydrogen (secondary N) is 2. The Morgan fingerprint density at radius 2 is 1.72 bits per heavy atom. The highest BCUT2D eigenvalue weighted by atomic mass is 16.5. The van der Waals surface area contributed by atoms with Crippen LogP contribution < -0.4 is 20.1 Å². The first-order valence-corrected chi connectivity index (χ1v) is 8.73. The molecule has 0 heterocycles. The van der Waals surface area contributed by atoms with E-state index in [0.717, 1.165) is 25.7 Å². The molecule has 2 rings (SSSR count). The number of methoxy groups -OCH3 is 2. The van der Waals surface area contributed by atoms with Crippen LogP contribution in [-0.2, 0) is 9.59 Å². The van der Waals surface area contributed by atoms with E-state index >= 15 is 0 Å². The van der Waals surface area contributed by atoms with Crippen LogP contribution in [0.3, 0.4) is 0 Å². The Balaban J connectivity index is 2.06. The monoisotopic (exact) mass is 348 g/mol. The molecule has 0 spiro atoms. The second-order valence-corrected chi connectivity index (χ2v) is 6.95. The van der Waals surface area contributed by atoms with Crippen molar-refractivity contribution in [3.63, 3.8) is 0 Å². The van der Waals surface area contributed by atoms with Crippen LogP contribution in [0, 0.1) is 5.41 Å². The minimum Gasteiger partial charge on any atom is -0.497 e. The summed E-state index contributed by atoms with van der Waals surface area (Å²) in [5.41, 5.74) is -0.672. The van der Waals surface area contributed by atoms with Crippen molar-refractivity contribution in [2.24, 2.45) is 5.41 Å². The van der Waals surface area contributed by atoms with E-state index in [2.05, 4.69) is 10.6 Å². The van der Waals surface area contributed by atoms with Crippen LogP contribution in [0.1, 0.15) is 46.0 Å². The van der Waals surface area contributed by atoms with Crippen molar-refractivity contribution in [3.8, 4) is 11.5 Å². The third-order valence-electron chi connectivity index (χ3n) is 4.73. The van der Waals surface area contributed by atoms with Crippen LogP contribution in [0.25, 0.3) is 0 Å². The smallest absolute Gasteiger partial charge is 0.239 e. The van der Waals surface area contributed by atoms with Gasteiger partial charge in [-0.25, -0.2) is 0 Å². The summed E-state index contributed by atoms with van der Waals surface area (Å²) in [6.45, 7) is 3.27. The Kier molecular flexibility index (Phi) is 6.28. The van der Waals surface area contributed by atoms with E-state index in [9.17, 15) is 9.59 Å². The summed E-state index contributed by atoms with van der Waals surface area (Å²) in [7, 11) is 3.08. The van der Waals surface area contributed by atoms with Crippen molar-refractivity contribution in [3.05, 3.63) is 18.2 Å². The van der Waals surface area contributed by atoms with Gasteiger partial charge in [0.1, 0.15) is 16.9 Å². The highest BCUT2D eigenvalue weighted by molar-refractivity contribution is 6.10. The van der Waals surface area contributed by atoms with Crippen LogP contribution >= 0.6 is 0 Å². The SMILES string of the molecule is COc1ccc(NC(=O)C(C)(C)C(=O)NC2CCCCC2)c(OC)c1. The normalized spacial score (nSPS) is 15.4. The number of hydrogen-bond donors (Lipinski definition) is 2. The summed E-state index contributed by atoms with van der Waals surface area (Å²) in [4.78, 5) is 25.3. The number of benzene rings is 1. The Morgan fingerprint density at radius 1 is 1.04 bits per heavy atom. The van der Waals surface area contributed by atoms with Gasteiger partial charge in [-0.3, -0.25) is 9.59 Å². The highest BCUT2D eigenvalue weighted by Crippen LogP contribution is 2.31. The Hall–Kier alpha value is -2.24. The van der Waals surface area contributed by atoms with E-state index in [4.69, 9.17) is 9.47 Å². The first-order valence-electron chi connectivity index (χ1n) is 8.73. The van der Waals surface area contributed by atoms with Gasteiger partial charge in [0.15, 0.2) is 0 Å². The zero-order chi connectivity index (χ0) is 18.4. The maximum atomic E-state index is 12.7. The number of rotatable bonds is 6. The molecule has 6 heteroatoms. The second kappa shape index (κ2) is 8.23. The minimum absolute atomic E-state index is 0.170. The molecule has 138 valence electrons. The predicted octanol–water partition coefficient (Wildman–Crippen LogP) is 3.12. The molecule has 1 fully saturated rings. The van der Waals surface area contributed by atoms with Crippen molar-refractivity contribution in [2.75, 3.05) is 19.5 Å². The summed E-state index contributed by atoms with van der Waals surface area (Å²) in [6, 6.07) is 5.28. The maximum Gasteiger partial charge on any atom is 0.239 e. The lowest BCUT2D eigenvalue weighted by Gasteiger charge is -2.28. The molecule has 0 atom stereocenters. The lowest BCUT2D eigenvalue weighted by Crippen LogP contribution is -2.49. The van der Waals surface area contributed by atoms with Crippen molar-refractivity contribution >= 4 is 17.5 Å². The topological polar surface area (TPSA) is 76.7 Å². The largest absolute Gasteiger partial charge is 0.497 e. The van der Waals surface area contributed by atoms with Gasteiger partial charge in [-0.1, -0.05) is 19.3 Å². The van der Waals surface area contributed by atoms with E-state index in [1.165, 1.54) is 13.5 Å². The van der Waals surface area contributed by atoms with Gasteiger partial charge in [0, 0.05) is 12.1 Å². The Bertz CT molecular complexity index is 622. The zero-order valence-corrected chi connectivity index (χ0v) is 15.5. The molecule has 0 aliphatic heterocycles. The van der Waals surface area contributed by atoms with Gasteiger partial charge in [-0.2, -0.15) is 0 Å².